The van der Waals surface area contributed by atoms with Gasteiger partial charge in [0.15, 0.2) is 11.5 Å². The molecule has 1 N–H and O–H groups in total. The van der Waals surface area contributed by atoms with Crippen LogP contribution in [0.3, 0.4) is 0 Å². The Morgan fingerprint density at radius 1 is 1.06 bits per heavy atom. The zero-order valence-electron chi connectivity index (χ0n) is 9.64. The molecule has 0 spiro atoms. The summed E-state index contributed by atoms with van der Waals surface area (Å²) in [6, 6.07) is 2.01. The quantitative estimate of drug-likeness (QED) is 0.633. The van der Waals surface area contributed by atoms with Crippen molar-refractivity contribution in [1.82, 2.24) is 0 Å². The summed E-state index contributed by atoms with van der Waals surface area (Å²) in [4.78, 5) is 17.9. The van der Waals surface area contributed by atoms with Crippen molar-refractivity contribution in [2.45, 2.75) is 0 Å². The predicted octanol–water partition coefficient (Wildman–Crippen LogP) is 0.963. The van der Waals surface area contributed by atoms with E-state index in [4.69, 9.17) is 28.9 Å². The molecular weight excluding hydrogens is 228 g/mol. The number of carbonyl (C=O) groups is 2. The van der Waals surface area contributed by atoms with Gasteiger partial charge in [-0.2, -0.15) is 0 Å². The molecule has 0 atom stereocenters. The second-order valence-corrected chi connectivity index (χ2v) is 3.03. The van der Waals surface area contributed by atoms with Gasteiger partial charge in [-0.15, -0.1) is 0 Å². The van der Waals surface area contributed by atoms with Crippen molar-refractivity contribution in [1.29, 1.82) is 0 Å². The molecule has 0 unspecified atom stereocenters. The highest BCUT2D eigenvalue weighted by molar-refractivity contribution is 6.19. The van der Waals surface area contributed by atoms with Gasteiger partial charge in [-0.1, -0.05) is 0 Å². The van der Waals surface area contributed by atoms with E-state index < -0.39 is 5.97 Å². The van der Waals surface area contributed by atoms with Gasteiger partial charge in [-0.05, 0) is 6.07 Å². The molecule has 0 aliphatic heterocycles. The van der Waals surface area contributed by atoms with Gasteiger partial charge in [0, 0.05) is 11.1 Å². The molecule has 0 aromatic heterocycles. The average molecular weight is 240 g/mol. The maximum Gasteiger partial charge on any atom is 0.368 e. The number of rotatable bonds is 4. The molecule has 6 heteroatoms. The third-order valence-electron chi connectivity index (χ3n) is 2.11. The number of ether oxygens (including phenoxy) is 3. The second-order valence-electron chi connectivity index (χ2n) is 3.03. The van der Waals surface area contributed by atoms with E-state index in [9.17, 15) is 0 Å². The van der Waals surface area contributed by atoms with E-state index in [1.807, 2.05) is 6.07 Å². The fraction of sp³-hybridized carbons (Fsp3) is 0.273. The topological polar surface area (TPSA) is 82.1 Å². The highest BCUT2D eigenvalue weighted by atomic mass is 16.5. The molecule has 0 amide bonds. The van der Waals surface area contributed by atoms with Crippen LogP contribution in [-0.2, 0) is 9.59 Å². The molecule has 6 nitrogen and oxygen atoms in total. The highest BCUT2D eigenvalue weighted by Crippen LogP contribution is 2.59. The summed E-state index contributed by atoms with van der Waals surface area (Å²) >= 11 is 0. The number of hydrogen-bond donors (Lipinski definition) is 1. The molecule has 0 aromatic carbocycles. The SMILES string of the molecule is COc1c2cc-2c(OC)c1OC.O=CC(=O)O. The number of aldehydes is 1. The van der Waals surface area contributed by atoms with E-state index in [1.54, 1.807) is 21.3 Å². The minimum absolute atomic E-state index is 0.167. The van der Waals surface area contributed by atoms with Crippen LogP contribution in [0.4, 0.5) is 0 Å². The Kier molecular flexibility index (Phi) is 3.92. The van der Waals surface area contributed by atoms with Gasteiger partial charge in [0.2, 0.25) is 12.0 Å². The van der Waals surface area contributed by atoms with Gasteiger partial charge in [-0.3, -0.25) is 4.79 Å². The summed E-state index contributed by atoms with van der Waals surface area (Å²) in [6.07, 6.45) is -0.167. The molecule has 2 rings (SSSR count). The van der Waals surface area contributed by atoms with E-state index in [0.717, 1.165) is 22.6 Å². The van der Waals surface area contributed by atoms with Crippen molar-refractivity contribution in [3.05, 3.63) is 6.07 Å². The van der Waals surface area contributed by atoms with Crippen molar-refractivity contribution in [3.63, 3.8) is 0 Å². The number of benzene rings is 1. The van der Waals surface area contributed by atoms with Gasteiger partial charge < -0.3 is 19.3 Å². The number of methoxy groups -OCH3 is 3. The summed E-state index contributed by atoms with van der Waals surface area (Å²) in [5, 5.41) is 7.35. The molecule has 2 aliphatic carbocycles. The lowest BCUT2D eigenvalue weighted by Gasteiger charge is -2.04. The number of hydrogen-bond acceptors (Lipinski definition) is 5. The fourth-order valence-corrected chi connectivity index (χ4v) is 1.42. The smallest absolute Gasteiger partial charge is 0.368 e. The number of carboxylic acid groups (broad SMARTS) is 1. The Bertz CT molecular complexity index is 424. The Labute approximate surface area is 97.7 Å². The van der Waals surface area contributed by atoms with E-state index in [1.165, 1.54) is 0 Å². The van der Waals surface area contributed by atoms with E-state index in [-0.39, 0.29) is 6.29 Å². The average Bonchev–Trinajstić information content (AvgIpc) is 3.04. The van der Waals surface area contributed by atoms with Gasteiger partial charge in [0.05, 0.1) is 21.3 Å². The molecule has 0 bridgehead atoms. The molecule has 0 aromatic rings. The van der Waals surface area contributed by atoms with E-state index in [2.05, 4.69) is 0 Å². The molecular formula is C11H12O6. The van der Waals surface area contributed by atoms with Crippen LogP contribution in [0, 0.1) is 0 Å². The van der Waals surface area contributed by atoms with Gasteiger partial charge in [0.1, 0.15) is 0 Å². The van der Waals surface area contributed by atoms with E-state index in [0.29, 0.717) is 5.75 Å². The minimum atomic E-state index is -1.43. The highest BCUT2D eigenvalue weighted by Gasteiger charge is 2.32. The zero-order chi connectivity index (χ0) is 13.0. The Balaban J connectivity index is 0.000000249. The lowest BCUT2D eigenvalue weighted by Crippen LogP contribution is -1.91. The molecule has 0 heterocycles. The standard InChI is InChI=1S/C9H10O3.C2H2O3/c1-10-7-5-4-6(5)8(11-2)9(7)12-3;3-1-2(4)5/h4H,1-3H3;1H,(H,4,5). The summed E-state index contributed by atoms with van der Waals surface area (Å²) in [6.45, 7) is 0. The summed E-state index contributed by atoms with van der Waals surface area (Å²) in [5.41, 5.74) is 2.21. The predicted molar refractivity (Wildman–Crippen MR) is 58.8 cm³/mol. The van der Waals surface area contributed by atoms with E-state index >= 15 is 0 Å². The van der Waals surface area contributed by atoms with Crippen LogP contribution >= 0.6 is 0 Å². The Hall–Kier alpha value is -2.24. The third-order valence-corrected chi connectivity index (χ3v) is 2.11. The first kappa shape index (κ1) is 12.8. The fourth-order valence-electron chi connectivity index (χ4n) is 1.42. The van der Waals surface area contributed by atoms with Crippen molar-refractivity contribution >= 4 is 12.3 Å². The summed E-state index contributed by atoms with van der Waals surface area (Å²) < 4.78 is 15.5. The largest absolute Gasteiger partial charge is 0.492 e. The third kappa shape index (κ3) is 2.47. The van der Waals surface area contributed by atoms with Crippen molar-refractivity contribution < 1.29 is 28.9 Å². The number of aliphatic carboxylic acids is 1. The van der Waals surface area contributed by atoms with Gasteiger partial charge in [0.25, 0.3) is 0 Å². The number of carboxylic acids is 1. The first-order valence-electron chi connectivity index (χ1n) is 4.62. The van der Waals surface area contributed by atoms with Crippen molar-refractivity contribution in [3.8, 4) is 28.4 Å². The van der Waals surface area contributed by atoms with Crippen LogP contribution in [0.15, 0.2) is 6.07 Å². The molecule has 92 valence electrons. The molecule has 0 fully saturated rings. The lowest BCUT2D eigenvalue weighted by atomic mass is 10.4. The van der Waals surface area contributed by atoms with Crippen LogP contribution in [0.5, 0.6) is 17.2 Å². The zero-order valence-corrected chi connectivity index (χ0v) is 9.64. The summed E-state index contributed by atoms with van der Waals surface area (Å²) in [7, 11) is 4.87. The van der Waals surface area contributed by atoms with Crippen LogP contribution in [0.1, 0.15) is 0 Å². The van der Waals surface area contributed by atoms with Gasteiger partial charge >= 0.3 is 5.97 Å². The maximum absolute atomic E-state index is 9.00. The molecule has 17 heavy (non-hydrogen) atoms. The first-order chi connectivity index (χ1) is 8.10. The molecule has 2 aliphatic rings. The maximum atomic E-state index is 9.00. The second kappa shape index (κ2) is 5.20. The van der Waals surface area contributed by atoms with Gasteiger partial charge in [-0.25, -0.2) is 4.79 Å². The van der Waals surface area contributed by atoms with Crippen molar-refractivity contribution in [2.75, 3.05) is 21.3 Å². The normalized spacial score (nSPS) is 9.59. The molecule has 0 radical (unpaired) electrons. The van der Waals surface area contributed by atoms with Crippen LogP contribution in [0.25, 0.3) is 11.1 Å². The monoisotopic (exact) mass is 240 g/mol. The Morgan fingerprint density at radius 3 is 1.65 bits per heavy atom. The number of fused-ring (bicyclic) bond motifs is 1. The van der Waals surface area contributed by atoms with Crippen LogP contribution < -0.4 is 14.2 Å². The molecule has 0 saturated heterocycles. The summed E-state index contributed by atoms with van der Waals surface area (Å²) in [5.74, 6) is 0.839. The first-order valence-corrected chi connectivity index (χ1v) is 4.62. The lowest BCUT2D eigenvalue weighted by molar-refractivity contribution is -0.143. The van der Waals surface area contributed by atoms with Crippen molar-refractivity contribution in [2.24, 2.45) is 0 Å². The van der Waals surface area contributed by atoms with Crippen LogP contribution in [-0.4, -0.2) is 38.7 Å². The van der Waals surface area contributed by atoms with Crippen LogP contribution in [0.2, 0.25) is 0 Å². The molecule has 0 saturated carbocycles. The minimum Gasteiger partial charge on any atom is -0.492 e. The number of carbonyl (C=O) groups excluding carboxylic acids is 1. The Morgan fingerprint density at radius 2 is 1.41 bits per heavy atom.